The molecule has 5 heteroatoms. The smallest absolute Gasteiger partial charge is 0.159 e. The van der Waals surface area contributed by atoms with E-state index < -0.39 is 0 Å². The van der Waals surface area contributed by atoms with Crippen molar-refractivity contribution in [3.8, 4) is 0 Å². The van der Waals surface area contributed by atoms with Crippen molar-refractivity contribution < 1.29 is 4.74 Å². The van der Waals surface area contributed by atoms with Gasteiger partial charge in [-0.3, -0.25) is 0 Å². The highest BCUT2D eigenvalue weighted by molar-refractivity contribution is 9.10. The van der Waals surface area contributed by atoms with Crippen LogP contribution in [-0.2, 0) is 10.2 Å². The normalized spacial score (nSPS) is 13.3. The summed E-state index contributed by atoms with van der Waals surface area (Å²) in [6.45, 7) is 14.1. The summed E-state index contributed by atoms with van der Waals surface area (Å²) in [4.78, 5) is 9.32. The molecule has 1 atom stereocenters. The number of ether oxygens (including phenoxy) is 1. The predicted molar refractivity (Wildman–Crippen MR) is 87.3 cm³/mol. The topological polar surface area (TPSA) is 47.0 Å². The van der Waals surface area contributed by atoms with Crippen LogP contribution in [0.15, 0.2) is 4.47 Å². The van der Waals surface area contributed by atoms with Crippen LogP contribution in [0.2, 0.25) is 0 Å². The Hall–Kier alpha value is -0.680. The fourth-order valence-corrected chi connectivity index (χ4v) is 2.74. The standard InChI is InChI=1S/C15H26BrN3O/c1-7-9-17-14-11(16)12(15(4,5)6)18-13(19-14)10(3)20-8-2/h10H,7-9H2,1-6H3,(H,17,18,19). The van der Waals surface area contributed by atoms with E-state index in [1.54, 1.807) is 0 Å². The van der Waals surface area contributed by atoms with Gasteiger partial charge in [-0.05, 0) is 36.2 Å². The third-order valence-corrected chi connectivity index (χ3v) is 3.65. The van der Waals surface area contributed by atoms with Gasteiger partial charge in [-0.1, -0.05) is 27.7 Å². The summed E-state index contributed by atoms with van der Waals surface area (Å²) < 4.78 is 6.58. The Morgan fingerprint density at radius 2 is 1.90 bits per heavy atom. The maximum atomic E-state index is 5.63. The van der Waals surface area contributed by atoms with Gasteiger partial charge in [0.05, 0.1) is 10.2 Å². The first-order chi connectivity index (χ1) is 9.31. The van der Waals surface area contributed by atoms with Crippen LogP contribution in [0.3, 0.4) is 0 Å². The molecular weight excluding hydrogens is 318 g/mol. The van der Waals surface area contributed by atoms with E-state index in [-0.39, 0.29) is 11.5 Å². The van der Waals surface area contributed by atoms with Gasteiger partial charge in [0, 0.05) is 18.6 Å². The molecule has 1 rings (SSSR count). The summed E-state index contributed by atoms with van der Waals surface area (Å²) in [7, 11) is 0. The Morgan fingerprint density at radius 1 is 1.25 bits per heavy atom. The number of aromatic nitrogens is 2. The van der Waals surface area contributed by atoms with Gasteiger partial charge in [-0.2, -0.15) is 0 Å². The van der Waals surface area contributed by atoms with Crippen LogP contribution in [0.1, 0.15) is 65.6 Å². The lowest BCUT2D eigenvalue weighted by Crippen LogP contribution is -2.20. The summed E-state index contributed by atoms with van der Waals surface area (Å²) in [5.74, 6) is 1.59. The summed E-state index contributed by atoms with van der Waals surface area (Å²) >= 11 is 3.64. The van der Waals surface area contributed by atoms with Gasteiger partial charge in [0.2, 0.25) is 0 Å². The molecule has 0 aliphatic heterocycles. The molecule has 0 aliphatic rings. The van der Waals surface area contributed by atoms with Crippen molar-refractivity contribution in [2.75, 3.05) is 18.5 Å². The second-order valence-corrected chi connectivity index (χ2v) is 6.66. The third kappa shape index (κ3) is 4.42. The molecule has 0 aliphatic carbocycles. The van der Waals surface area contributed by atoms with E-state index in [1.807, 2.05) is 13.8 Å². The Kier molecular flexibility index (Phi) is 6.40. The quantitative estimate of drug-likeness (QED) is 0.828. The van der Waals surface area contributed by atoms with Crippen molar-refractivity contribution in [1.82, 2.24) is 9.97 Å². The first-order valence-electron chi connectivity index (χ1n) is 7.24. The maximum Gasteiger partial charge on any atom is 0.159 e. The Labute approximate surface area is 130 Å². The van der Waals surface area contributed by atoms with Crippen molar-refractivity contribution in [3.05, 3.63) is 16.0 Å². The molecule has 114 valence electrons. The van der Waals surface area contributed by atoms with E-state index in [9.17, 15) is 0 Å². The number of hydrogen-bond donors (Lipinski definition) is 1. The van der Waals surface area contributed by atoms with Crippen LogP contribution in [0, 0.1) is 0 Å². The van der Waals surface area contributed by atoms with Gasteiger partial charge in [-0.25, -0.2) is 9.97 Å². The van der Waals surface area contributed by atoms with Crippen molar-refractivity contribution in [2.24, 2.45) is 0 Å². The fourth-order valence-electron chi connectivity index (χ4n) is 1.83. The molecule has 0 amide bonds. The first-order valence-corrected chi connectivity index (χ1v) is 8.03. The van der Waals surface area contributed by atoms with Gasteiger partial charge < -0.3 is 10.1 Å². The molecule has 0 saturated carbocycles. The average Bonchev–Trinajstić information content (AvgIpc) is 2.36. The van der Waals surface area contributed by atoms with Gasteiger partial charge in [0.15, 0.2) is 5.82 Å². The van der Waals surface area contributed by atoms with Crippen LogP contribution in [-0.4, -0.2) is 23.1 Å². The molecule has 0 bridgehead atoms. The molecule has 1 aromatic rings. The summed E-state index contributed by atoms with van der Waals surface area (Å²) in [5.41, 5.74) is 0.957. The molecule has 1 aromatic heterocycles. The van der Waals surface area contributed by atoms with Gasteiger partial charge in [0.1, 0.15) is 11.9 Å². The molecule has 4 nitrogen and oxygen atoms in total. The molecule has 0 fully saturated rings. The molecule has 1 unspecified atom stereocenters. The number of hydrogen-bond acceptors (Lipinski definition) is 4. The van der Waals surface area contributed by atoms with Gasteiger partial charge in [0.25, 0.3) is 0 Å². The monoisotopic (exact) mass is 343 g/mol. The molecule has 0 radical (unpaired) electrons. The van der Waals surface area contributed by atoms with Gasteiger partial charge >= 0.3 is 0 Å². The zero-order valence-corrected chi connectivity index (χ0v) is 15.0. The Morgan fingerprint density at radius 3 is 2.40 bits per heavy atom. The largest absolute Gasteiger partial charge is 0.371 e. The van der Waals surface area contributed by atoms with E-state index in [4.69, 9.17) is 9.72 Å². The lowest BCUT2D eigenvalue weighted by molar-refractivity contribution is 0.0698. The second-order valence-electron chi connectivity index (χ2n) is 5.87. The van der Waals surface area contributed by atoms with Crippen molar-refractivity contribution in [1.29, 1.82) is 0 Å². The third-order valence-electron chi connectivity index (χ3n) is 2.90. The van der Waals surface area contributed by atoms with Crippen LogP contribution in [0.4, 0.5) is 5.82 Å². The van der Waals surface area contributed by atoms with Crippen LogP contribution >= 0.6 is 15.9 Å². The Balaban J connectivity index is 3.26. The van der Waals surface area contributed by atoms with E-state index in [0.29, 0.717) is 6.61 Å². The number of nitrogens with one attached hydrogen (secondary N) is 1. The van der Waals surface area contributed by atoms with E-state index in [1.165, 1.54) is 0 Å². The maximum absolute atomic E-state index is 5.63. The Bertz CT molecular complexity index is 443. The number of rotatable bonds is 6. The minimum atomic E-state index is -0.101. The zero-order valence-electron chi connectivity index (χ0n) is 13.4. The highest BCUT2D eigenvalue weighted by Crippen LogP contribution is 2.33. The van der Waals surface area contributed by atoms with Crippen LogP contribution in [0.25, 0.3) is 0 Å². The molecule has 0 spiro atoms. The zero-order chi connectivity index (χ0) is 15.3. The van der Waals surface area contributed by atoms with E-state index in [2.05, 4.69) is 53.9 Å². The number of halogens is 1. The van der Waals surface area contributed by atoms with E-state index in [0.717, 1.165) is 34.8 Å². The lowest BCUT2D eigenvalue weighted by atomic mass is 9.91. The highest BCUT2D eigenvalue weighted by Gasteiger charge is 2.24. The summed E-state index contributed by atoms with van der Waals surface area (Å²) in [6.07, 6.45) is 0.953. The summed E-state index contributed by atoms with van der Waals surface area (Å²) in [5, 5.41) is 3.36. The lowest BCUT2D eigenvalue weighted by Gasteiger charge is -2.23. The SMILES string of the molecule is CCCNc1nc(C(C)OCC)nc(C(C)(C)C)c1Br. The number of anilines is 1. The van der Waals surface area contributed by atoms with Crippen LogP contribution < -0.4 is 5.32 Å². The minimum absolute atomic E-state index is 0.0505. The molecule has 0 aromatic carbocycles. The predicted octanol–water partition coefficient (Wildman–Crippen LogP) is 4.46. The average molecular weight is 344 g/mol. The molecular formula is C15H26BrN3O. The molecule has 20 heavy (non-hydrogen) atoms. The van der Waals surface area contributed by atoms with Crippen LogP contribution in [0.5, 0.6) is 0 Å². The first kappa shape index (κ1) is 17.4. The minimum Gasteiger partial charge on any atom is -0.371 e. The van der Waals surface area contributed by atoms with Crippen molar-refractivity contribution in [3.63, 3.8) is 0 Å². The number of nitrogens with zero attached hydrogens (tertiary/aromatic N) is 2. The fraction of sp³-hybridized carbons (Fsp3) is 0.733. The molecule has 1 N–H and O–H groups in total. The second kappa shape index (κ2) is 7.36. The highest BCUT2D eigenvalue weighted by atomic mass is 79.9. The van der Waals surface area contributed by atoms with Crippen molar-refractivity contribution in [2.45, 2.75) is 59.5 Å². The molecule has 0 saturated heterocycles. The van der Waals surface area contributed by atoms with Gasteiger partial charge in [-0.15, -0.1) is 0 Å². The molecule has 1 heterocycles. The van der Waals surface area contributed by atoms with E-state index >= 15 is 0 Å². The summed E-state index contributed by atoms with van der Waals surface area (Å²) in [6, 6.07) is 0. The van der Waals surface area contributed by atoms with Crippen molar-refractivity contribution >= 4 is 21.7 Å².